The smallest absolute Gasteiger partial charge is 0.339 e. The van der Waals surface area contributed by atoms with Gasteiger partial charge in [0, 0.05) is 5.39 Å². The summed E-state index contributed by atoms with van der Waals surface area (Å²) >= 11 is 7.36. The number of fused-ring (bicyclic) bond motifs is 1. The number of aromatic nitrogens is 1. The average molecular weight is 346 g/mol. The molecule has 0 fully saturated rings. The van der Waals surface area contributed by atoms with E-state index in [2.05, 4.69) is 4.98 Å². The lowest BCUT2D eigenvalue weighted by molar-refractivity contribution is -0.120. The summed E-state index contributed by atoms with van der Waals surface area (Å²) in [6.07, 6.45) is 0. The molecule has 116 valence electrons. The van der Waals surface area contributed by atoms with Gasteiger partial charge < -0.3 is 4.74 Å². The lowest BCUT2D eigenvalue weighted by Gasteiger charge is -2.08. The molecule has 2 heterocycles. The second kappa shape index (κ2) is 6.48. The maximum Gasteiger partial charge on any atom is 0.339 e. The first-order valence-corrected chi connectivity index (χ1v) is 8.06. The van der Waals surface area contributed by atoms with Crippen molar-refractivity contribution in [1.29, 1.82) is 0 Å². The quantitative estimate of drug-likeness (QED) is 0.659. The van der Waals surface area contributed by atoms with Crippen LogP contribution in [0.3, 0.4) is 0 Å². The third-order valence-electron chi connectivity index (χ3n) is 3.17. The van der Waals surface area contributed by atoms with Crippen molar-refractivity contribution in [2.24, 2.45) is 0 Å². The number of carbonyl (C=O) groups excluding carboxylic acids is 2. The summed E-state index contributed by atoms with van der Waals surface area (Å²) in [5, 5.41) is 0.687. The van der Waals surface area contributed by atoms with Gasteiger partial charge in [-0.3, -0.25) is 4.79 Å². The minimum Gasteiger partial charge on any atom is -0.454 e. The number of nitrogens with zero attached hydrogens (tertiary/aromatic N) is 1. The van der Waals surface area contributed by atoms with E-state index in [9.17, 15) is 9.59 Å². The van der Waals surface area contributed by atoms with Crippen LogP contribution in [-0.2, 0) is 9.53 Å². The van der Waals surface area contributed by atoms with Gasteiger partial charge in [-0.15, -0.1) is 11.3 Å². The van der Waals surface area contributed by atoms with Crippen molar-refractivity contribution in [3.05, 3.63) is 52.4 Å². The molecule has 0 aliphatic rings. The van der Waals surface area contributed by atoms with Crippen LogP contribution in [0.4, 0.5) is 0 Å². The van der Waals surface area contributed by atoms with Crippen LogP contribution in [0.2, 0.25) is 4.34 Å². The van der Waals surface area contributed by atoms with E-state index in [1.54, 1.807) is 18.2 Å². The zero-order valence-corrected chi connectivity index (χ0v) is 13.8. The van der Waals surface area contributed by atoms with E-state index in [1.807, 2.05) is 24.3 Å². The number of ketones is 1. The zero-order chi connectivity index (χ0) is 16.4. The predicted octanol–water partition coefficient (Wildman–Crippen LogP) is 4.36. The number of pyridine rings is 1. The first-order valence-electron chi connectivity index (χ1n) is 6.86. The summed E-state index contributed by atoms with van der Waals surface area (Å²) in [5.41, 5.74) is 1.72. The lowest BCUT2D eigenvalue weighted by atomic mass is 10.1. The van der Waals surface area contributed by atoms with E-state index < -0.39 is 5.97 Å². The van der Waals surface area contributed by atoms with Crippen LogP contribution in [0, 0.1) is 0 Å². The molecule has 0 amide bonds. The number of carbonyl (C=O) groups is 2. The van der Waals surface area contributed by atoms with Gasteiger partial charge in [-0.05, 0) is 31.2 Å². The summed E-state index contributed by atoms with van der Waals surface area (Å²) in [7, 11) is 0. The van der Waals surface area contributed by atoms with Crippen LogP contribution in [-0.4, -0.2) is 23.3 Å². The number of esters is 1. The van der Waals surface area contributed by atoms with Gasteiger partial charge in [0.25, 0.3) is 0 Å². The van der Waals surface area contributed by atoms with E-state index in [0.29, 0.717) is 26.5 Å². The Balaban J connectivity index is 2.11. The average Bonchev–Trinajstić information content (AvgIpc) is 2.98. The van der Waals surface area contributed by atoms with Gasteiger partial charge in [0.1, 0.15) is 6.61 Å². The summed E-state index contributed by atoms with van der Waals surface area (Å²) < 4.78 is 5.70. The molecule has 3 aromatic rings. The predicted molar refractivity (Wildman–Crippen MR) is 91.0 cm³/mol. The molecular weight excluding hydrogens is 334 g/mol. The monoisotopic (exact) mass is 345 g/mol. The maximum atomic E-state index is 12.3. The Morgan fingerprint density at radius 2 is 2.00 bits per heavy atom. The number of ether oxygens (including phenoxy) is 1. The number of rotatable bonds is 4. The Morgan fingerprint density at radius 1 is 1.22 bits per heavy atom. The molecule has 0 unspecified atom stereocenters. The summed E-state index contributed by atoms with van der Waals surface area (Å²) in [4.78, 5) is 28.8. The largest absolute Gasteiger partial charge is 0.454 e. The molecule has 1 aromatic carbocycles. The van der Waals surface area contributed by atoms with Gasteiger partial charge in [0.05, 0.1) is 26.0 Å². The second-order valence-electron chi connectivity index (χ2n) is 4.95. The Bertz CT molecular complexity index is 904. The first kappa shape index (κ1) is 15.6. The van der Waals surface area contributed by atoms with Crippen LogP contribution in [0.1, 0.15) is 17.3 Å². The minimum absolute atomic E-state index is 0.207. The molecule has 2 aromatic heterocycles. The summed E-state index contributed by atoms with van der Waals surface area (Å²) in [6, 6.07) is 12.6. The fourth-order valence-electron chi connectivity index (χ4n) is 2.17. The van der Waals surface area contributed by atoms with E-state index in [4.69, 9.17) is 16.3 Å². The van der Waals surface area contributed by atoms with Gasteiger partial charge >= 0.3 is 5.97 Å². The van der Waals surface area contributed by atoms with E-state index in [1.165, 1.54) is 18.3 Å². The molecule has 0 spiro atoms. The standard InChI is InChI=1S/C17H12ClNO3S/c1-10(20)9-22-17(21)12-8-14(15-6-7-16(18)23-15)19-13-5-3-2-4-11(12)13/h2-8H,9H2,1H3. The fraction of sp³-hybridized carbons (Fsp3) is 0.118. The van der Waals surface area contributed by atoms with Crippen molar-refractivity contribution in [1.82, 2.24) is 4.98 Å². The minimum atomic E-state index is -0.539. The Labute approximate surface area is 141 Å². The molecule has 3 rings (SSSR count). The third-order valence-corrected chi connectivity index (χ3v) is 4.42. The first-order chi connectivity index (χ1) is 11.0. The zero-order valence-electron chi connectivity index (χ0n) is 12.2. The summed E-state index contributed by atoms with van der Waals surface area (Å²) in [5.74, 6) is -0.746. The third kappa shape index (κ3) is 3.41. The molecule has 0 N–H and O–H groups in total. The molecule has 0 aliphatic heterocycles. The SMILES string of the molecule is CC(=O)COC(=O)c1cc(-c2ccc(Cl)s2)nc2ccccc12. The van der Waals surface area contributed by atoms with Crippen LogP contribution in [0.5, 0.6) is 0 Å². The number of hydrogen-bond acceptors (Lipinski definition) is 5. The Morgan fingerprint density at radius 3 is 2.70 bits per heavy atom. The maximum absolute atomic E-state index is 12.3. The molecule has 6 heteroatoms. The highest BCUT2D eigenvalue weighted by molar-refractivity contribution is 7.19. The molecule has 0 atom stereocenters. The number of benzene rings is 1. The molecule has 23 heavy (non-hydrogen) atoms. The van der Waals surface area contributed by atoms with Crippen molar-refractivity contribution in [2.45, 2.75) is 6.92 Å². The molecule has 0 aliphatic carbocycles. The van der Waals surface area contributed by atoms with Crippen molar-refractivity contribution in [3.63, 3.8) is 0 Å². The van der Waals surface area contributed by atoms with Crippen LogP contribution in [0.15, 0.2) is 42.5 Å². The van der Waals surface area contributed by atoms with Crippen molar-refractivity contribution in [2.75, 3.05) is 6.61 Å². The lowest BCUT2D eigenvalue weighted by Crippen LogP contribution is -2.12. The molecule has 0 radical (unpaired) electrons. The number of hydrogen-bond donors (Lipinski definition) is 0. The highest BCUT2D eigenvalue weighted by atomic mass is 35.5. The number of para-hydroxylation sites is 1. The molecular formula is C17H12ClNO3S. The van der Waals surface area contributed by atoms with E-state index in [0.717, 1.165) is 4.88 Å². The number of Topliss-reactive ketones (excluding diaryl/α,β-unsaturated/α-hetero) is 1. The van der Waals surface area contributed by atoms with E-state index in [-0.39, 0.29) is 12.4 Å². The molecule has 0 bridgehead atoms. The van der Waals surface area contributed by atoms with Gasteiger partial charge in [-0.25, -0.2) is 9.78 Å². The molecule has 0 saturated heterocycles. The normalized spacial score (nSPS) is 10.7. The van der Waals surface area contributed by atoms with E-state index >= 15 is 0 Å². The summed E-state index contributed by atoms with van der Waals surface area (Å²) in [6.45, 7) is 1.13. The van der Waals surface area contributed by atoms with Crippen molar-refractivity contribution in [3.8, 4) is 10.6 Å². The van der Waals surface area contributed by atoms with Crippen LogP contribution < -0.4 is 0 Å². The van der Waals surface area contributed by atoms with Gasteiger partial charge in [-0.2, -0.15) is 0 Å². The topological polar surface area (TPSA) is 56.3 Å². The Hall–Kier alpha value is -2.24. The van der Waals surface area contributed by atoms with Crippen LogP contribution in [0.25, 0.3) is 21.5 Å². The van der Waals surface area contributed by atoms with Gasteiger partial charge in [0.2, 0.25) is 0 Å². The molecule has 4 nitrogen and oxygen atoms in total. The second-order valence-corrected chi connectivity index (χ2v) is 6.67. The number of halogens is 1. The van der Waals surface area contributed by atoms with Crippen molar-refractivity contribution >= 4 is 45.6 Å². The van der Waals surface area contributed by atoms with Gasteiger partial charge in [-0.1, -0.05) is 29.8 Å². The van der Waals surface area contributed by atoms with Crippen LogP contribution >= 0.6 is 22.9 Å². The molecule has 0 saturated carbocycles. The Kier molecular flexibility index (Phi) is 4.41. The fourth-order valence-corrected chi connectivity index (χ4v) is 3.17. The van der Waals surface area contributed by atoms with Crippen molar-refractivity contribution < 1.29 is 14.3 Å². The van der Waals surface area contributed by atoms with Gasteiger partial charge in [0.15, 0.2) is 5.78 Å². The highest BCUT2D eigenvalue weighted by Crippen LogP contribution is 2.32. The number of thiophene rings is 1. The highest BCUT2D eigenvalue weighted by Gasteiger charge is 2.16.